The van der Waals surface area contributed by atoms with Crippen molar-refractivity contribution in [1.82, 2.24) is 44.4 Å². The Hall–Kier alpha value is -3.88. The molecule has 2 aliphatic heterocycles. The van der Waals surface area contributed by atoms with E-state index < -0.39 is 17.8 Å². The summed E-state index contributed by atoms with van der Waals surface area (Å²) < 4.78 is 42.4. The number of hydrogen-bond acceptors (Lipinski definition) is 8. The maximum atomic E-state index is 13.5. The molecule has 4 aromatic rings. The molecule has 2 fully saturated rings. The zero-order chi connectivity index (χ0) is 29.6. The van der Waals surface area contributed by atoms with Crippen LogP contribution in [0, 0.1) is 0 Å². The van der Waals surface area contributed by atoms with Crippen LogP contribution in [0.15, 0.2) is 43.1 Å². The van der Waals surface area contributed by atoms with Gasteiger partial charge in [0, 0.05) is 68.7 Å². The predicted octanol–water partition coefficient (Wildman–Crippen LogP) is 2.57. The summed E-state index contributed by atoms with van der Waals surface area (Å²) in [5.41, 5.74) is 7.56. The summed E-state index contributed by atoms with van der Waals surface area (Å²) in [6.07, 6.45) is 3.93. The van der Waals surface area contributed by atoms with Crippen molar-refractivity contribution in [3.63, 3.8) is 0 Å². The van der Waals surface area contributed by atoms with Gasteiger partial charge in [-0.15, -0.1) is 0 Å². The average molecular weight is 583 g/mol. The lowest BCUT2D eigenvalue weighted by Crippen LogP contribution is -2.69. The van der Waals surface area contributed by atoms with E-state index in [1.54, 1.807) is 30.1 Å². The number of pyridine rings is 1. The lowest BCUT2D eigenvalue weighted by Gasteiger charge is -2.54. The molecular weight excluding hydrogens is 549 g/mol. The molecule has 3 N–H and O–H groups in total. The molecule has 0 radical (unpaired) electrons. The highest BCUT2D eigenvalue weighted by Gasteiger charge is 2.47. The van der Waals surface area contributed by atoms with E-state index >= 15 is 0 Å². The van der Waals surface area contributed by atoms with E-state index in [0.717, 1.165) is 41.4 Å². The number of halogens is 3. The summed E-state index contributed by atoms with van der Waals surface area (Å²) in [6.45, 7) is 3.03. The van der Waals surface area contributed by atoms with Gasteiger partial charge in [0.05, 0.1) is 11.9 Å². The minimum Gasteiger partial charge on any atom is -0.346 e. The van der Waals surface area contributed by atoms with Gasteiger partial charge in [-0.25, -0.2) is 15.0 Å². The molecule has 42 heavy (non-hydrogen) atoms. The molecule has 1 amide bonds. The third kappa shape index (κ3) is 5.25. The van der Waals surface area contributed by atoms with Crippen LogP contribution in [0.1, 0.15) is 34.6 Å². The maximum Gasteiger partial charge on any atom is 0.433 e. The smallest absolute Gasteiger partial charge is 0.346 e. The fourth-order valence-corrected chi connectivity index (χ4v) is 6.04. The van der Waals surface area contributed by atoms with E-state index in [-0.39, 0.29) is 23.8 Å². The van der Waals surface area contributed by atoms with Crippen molar-refractivity contribution in [3.05, 3.63) is 60.1 Å². The molecule has 6 rings (SSSR count). The lowest BCUT2D eigenvalue weighted by atomic mass is 9.86. The van der Waals surface area contributed by atoms with Gasteiger partial charge >= 0.3 is 6.18 Å². The number of H-pyrrole nitrogens is 1. The number of fused-ring (bicyclic) bond motifs is 1. The van der Waals surface area contributed by atoms with E-state index in [1.165, 1.54) is 12.4 Å². The molecule has 0 atom stereocenters. The van der Waals surface area contributed by atoms with Crippen LogP contribution in [0.25, 0.3) is 22.3 Å². The minimum atomic E-state index is -4.63. The molecule has 11 nitrogen and oxygen atoms in total. The number of carbonyl (C=O) groups is 1. The number of nitrogens with one attached hydrogen (secondary N) is 1. The average Bonchev–Trinajstić information content (AvgIpc) is 3.62. The highest BCUT2D eigenvalue weighted by Crippen LogP contribution is 2.35. The van der Waals surface area contributed by atoms with E-state index in [1.807, 2.05) is 23.1 Å². The Labute approximate surface area is 240 Å². The summed E-state index contributed by atoms with van der Waals surface area (Å²) in [7, 11) is 3.53. The van der Waals surface area contributed by atoms with Crippen LogP contribution in [0.4, 0.5) is 13.2 Å². The van der Waals surface area contributed by atoms with Crippen LogP contribution in [0.3, 0.4) is 0 Å². The molecule has 2 saturated heterocycles. The van der Waals surface area contributed by atoms with Gasteiger partial charge < -0.3 is 20.5 Å². The molecule has 0 spiro atoms. The summed E-state index contributed by atoms with van der Waals surface area (Å²) in [4.78, 5) is 34.4. The molecule has 0 saturated carbocycles. The van der Waals surface area contributed by atoms with Gasteiger partial charge in [-0.1, -0.05) is 0 Å². The predicted molar refractivity (Wildman–Crippen MR) is 149 cm³/mol. The van der Waals surface area contributed by atoms with Crippen LogP contribution in [-0.4, -0.2) is 103 Å². The Bertz CT molecular complexity index is 1580. The quantitative estimate of drug-likeness (QED) is 0.341. The van der Waals surface area contributed by atoms with Gasteiger partial charge in [-0.2, -0.15) is 18.3 Å². The van der Waals surface area contributed by atoms with E-state index in [0.29, 0.717) is 38.0 Å². The van der Waals surface area contributed by atoms with Crippen molar-refractivity contribution in [2.45, 2.75) is 37.1 Å². The van der Waals surface area contributed by atoms with E-state index in [4.69, 9.17) is 5.73 Å². The first kappa shape index (κ1) is 28.2. The molecule has 222 valence electrons. The molecule has 14 heteroatoms. The first-order chi connectivity index (χ1) is 20.1. The minimum absolute atomic E-state index is 0.165. The number of nitrogens with two attached hydrogens (primary N) is 1. The largest absolute Gasteiger partial charge is 0.433 e. The van der Waals surface area contributed by atoms with Gasteiger partial charge in [0.1, 0.15) is 28.9 Å². The second-order valence-electron chi connectivity index (χ2n) is 11.5. The first-order valence-electron chi connectivity index (χ1n) is 13.9. The number of nitrogens with zero attached hydrogens (tertiary/aromatic N) is 8. The molecule has 2 aliphatic rings. The normalized spacial score (nSPS) is 18.1. The fourth-order valence-electron chi connectivity index (χ4n) is 6.04. The number of hydrogen-bond donors (Lipinski definition) is 2. The summed E-state index contributed by atoms with van der Waals surface area (Å²) in [5, 5.41) is 5.56. The zero-order valence-corrected chi connectivity index (χ0v) is 23.5. The van der Waals surface area contributed by atoms with Crippen molar-refractivity contribution in [2.24, 2.45) is 5.73 Å². The lowest BCUT2D eigenvalue weighted by molar-refractivity contribution is -0.141. The SMILES string of the molecule is CN(C)Cc1cc(C(=O)N2CCC(N3CC(CN)(n4cc(-c5ncnc6[nH]ccc56)cn4)C3)CC2)nc(C(F)(F)F)c1. The molecule has 0 unspecified atom stereocenters. The topological polar surface area (TPSA) is 125 Å². The van der Waals surface area contributed by atoms with Crippen molar-refractivity contribution in [3.8, 4) is 11.3 Å². The molecule has 0 aliphatic carbocycles. The second-order valence-corrected chi connectivity index (χ2v) is 11.5. The molecule has 6 heterocycles. The van der Waals surface area contributed by atoms with Gasteiger partial charge in [-0.3, -0.25) is 14.4 Å². The number of piperidine rings is 1. The number of carbonyl (C=O) groups excluding carboxylic acids is 1. The summed E-state index contributed by atoms with van der Waals surface area (Å²) in [6, 6.07) is 4.65. The van der Waals surface area contributed by atoms with Crippen molar-refractivity contribution >= 4 is 16.9 Å². The molecule has 4 aromatic heterocycles. The number of alkyl halides is 3. The maximum absolute atomic E-state index is 13.5. The Morgan fingerprint density at radius 3 is 2.64 bits per heavy atom. The number of rotatable bonds is 7. The van der Waals surface area contributed by atoms with E-state index in [2.05, 4.69) is 29.9 Å². The molecule has 0 bridgehead atoms. The Kier molecular flexibility index (Phi) is 7.23. The summed E-state index contributed by atoms with van der Waals surface area (Å²) >= 11 is 0. The Morgan fingerprint density at radius 1 is 1.19 bits per heavy atom. The number of aromatic amines is 1. The van der Waals surface area contributed by atoms with Crippen LogP contribution in [0.2, 0.25) is 0 Å². The van der Waals surface area contributed by atoms with Crippen molar-refractivity contribution in [1.29, 1.82) is 0 Å². The van der Waals surface area contributed by atoms with Crippen molar-refractivity contribution < 1.29 is 18.0 Å². The third-order valence-corrected chi connectivity index (χ3v) is 8.23. The molecular formula is C28H33F3N10O. The van der Waals surface area contributed by atoms with Gasteiger partial charge in [0.25, 0.3) is 5.91 Å². The van der Waals surface area contributed by atoms with Crippen LogP contribution >= 0.6 is 0 Å². The van der Waals surface area contributed by atoms with Crippen LogP contribution < -0.4 is 5.73 Å². The number of likely N-dealkylation sites (tertiary alicyclic amines) is 2. The Morgan fingerprint density at radius 2 is 1.95 bits per heavy atom. The number of amides is 1. The molecule has 0 aromatic carbocycles. The zero-order valence-electron chi connectivity index (χ0n) is 23.5. The van der Waals surface area contributed by atoms with Crippen LogP contribution in [-0.2, 0) is 18.3 Å². The first-order valence-corrected chi connectivity index (χ1v) is 13.9. The van der Waals surface area contributed by atoms with Crippen LogP contribution in [0.5, 0.6) is 0 Å². The monoisotopic (exact) mass is 582 g/mol. The highest BCUT2D eigenvalue weighted by molar-refractivity contribution is 5.92. The van der Waals surface area contributed by atoms with Gasteiger partial charge in [-0.05, 0) is 50.7 Å². The van der Waals surface area contributed by atoms with E-state index in [9.17, 15) is 18.0 Å². The fraction of sp³-hybridized carbons (Fsp3) is 0.464. The standard InChI is InChI=1S/C28H33F3N10O/c1-38(2)12-18-9-22(37-23(10-18)28(29,30)31)26(42)39-7-4-20(5-8-39)40-15-27(14-32,16-40)41-13-19(11-36-41)24-21-3-6-33-25(21)35-17-34-24/h3,6,9-11,13,17,20H,4-5,7-8,12,14-16,32H2,1-2H3,(H,33,34,35). The Balaban J connectivity index is 1.10. The highest BCUT2D eigenvalue weighted by atomic mass is 19.4. The second kappa shape index (κ2) is 10.7. The van der Waals surface area contributed by atoms with Gasteiger partial charge in [0.15, 0.2) is 0 Å². The third-order valence-electron chi connectivity index (χ3n) is 8.23. The van der Waals surface area contributed by atoms with Crippen molar-refractivity contribution in [2.75, 3.05) is 46.8 Å². The summed E-state index contributed by atoms with van der Waals surface area (Å²) in [5.74, 6) is -0.468. The number of aromatic nitrogens is 6. The van der Waals surface area contributed by atoms with Gasteiger partial charge in [0.2, 0.25) is 0 Å².